The first-order chi connectivity index (χ1) is 14.6. The fourth-order valence-electron chi connectivity index (χ4n) is 3.13. The fraction of sp³-hybridized carbons (Fsp3) is 0.174. The number of aryl methyl sites for hydroxylation is 1. The third-order valence-corrected chi connectivity index (χ3v) is 5.78. The number of fused-ring (bicyclic) bond motifs is 1. The summed E-state index contributed by atoms with van der Waals surface area (Å²) < 4.78 is 7.10. The van der Waals surface area contributed by atoms with Crippen LogP contribution < -0.4 is 5.32 Å². The van der Waals surface area contributed by atoms with Crippen molar-refractivity contribution in [1.29, 1.82) is 0 Å². The third kappa shape index (κ3) is 4.58. The average molecular weight is 420 g/mol. The lowest BCUT2D eigenvalue weighted by molar-refractivity contribution is -0.124. The maximum absolute atomic E-state index is 12.5. The molecule has 152 valence electrons. The Hall–Kier alpha value is -3.45. The van der Waals surface area contributed by atoms with Gasteiger partial charge >= 0.3 is 5.97 Å². The Morgan fingerprint density at radius 2 is 1.70 bits per heavy atom. The van der Waals surface area contributed by atoms with Gasteiger partial charge in [-0.15, -0.1) is 11.3 Å². The van der Waals surface area contributed by atoms with Gasteiger partial charge < -0.3 is 10.1 Å². The molecule has 0 aliphatic heterocycles. The number of carbonyl (C=O) groups excluding carboxylic acids is 2. The molecule has 1 N–H and O–H groups in total. The molecule has 0 fully saturated rings. The second-order valence-electron chi connectivity index (χ2n) is 6.90. The summed E-state index contributed by atoms with van der Waals surface area (Å²) in [6.07, 6.45) is 0. The Morgan fingerprint density at radius 1 is 1.03 bits per heavy atom. The molecule has 1 amide bonds. The number of hydrogen-bond donors (Lipinski definition) is 1. The lowest BCUT2D eigenvalue weighted by Gasteiger charge is -2.06. The number of hydrogen-bond acceptors (Lipinski definition) is 5. The molecule has 2 aromatic carbocycles. The van der Waals surface area contributed by atoms with Crippen LogP contribution in [0, 0.1) is 6.92 Å². The Morgan fingerprint density at radius 3 is 2.40 bits per heavy atom. The van der Waals surface area contributed by atoms with E-state index in [0.29, 0.717) is 18.0 Å². The van der Waals surface area contributed by atoms with Crippen LogP contribution in [0.5, 0.6) is 0 Å². The van der Waals surface area contributed by atoms with E-state index in [1.54, 1.807) is 6.07 Å². The fourth-order valence-corrected chi connectivity index (χ4v) is 4.18. The van der Waals surface area contributed by atoms with Crippen LogP contribution in [0.25, 0.3) is 10.2 Å². The maximum Gasteiger partial charge on any atom is 0.348 e. The molecule has 0 bridgehead atoms. The molecular formula is C23H21N3O3S. The SMILES string of the molecule is Cc1nn(Cc2ccccc2)c2sc(C(=O)OCC(=O)NCc3ccccc3)cc12. The first kappa shape index (κ1) is 19.8. The van der Waals surface area contributed by atoms with Crippen molar-refractivity contribution in [2.45, 2.75) is 20.0 Å². The van der Waals surface area contributed by atoms with Crippen LogP contribution in [0.15, 0.2) is 66.7 Å². The molecule has 30 heavy (non-hydrogen) atoms. The first-order valence-corrected chi connectivity index (χ1v) is 10.4. The van der Waals surface area contributed by atoms with Crippen LogP contribution in [0.3, 0.4) is 0 Å². The highest BCUT2D eigenvalue weighted by Crippen LogP contribution is 2.29. The Balaban J connectivity index is 1.38. The molecule has 0 aliphatic rings. The number of ether oxygens (including phenoxy) is 1. The summed E-state index contributed by atoms with van der Waals surface area (Å²) in [6, 6.07) is 21.4. The molecule has 0 aliphatic carbocycles. The zero-order chi connectivity index (χ0) is 20.9. The molecule has 0 atom stereocenters. The number of aromatic nitrogens is 2. The van der Waals surface area contributed by atoms with Crippen molar-refractivity contribution in [3.63, 3.8) is 0 Å². The van der Waals surface area contributed by atoms with Crippen molar-refractivity contribution in [3.05, 3.63) is 88.4 Å². The lowest BCUT2D eigenvalue weighted by atomic mass is 10.2. The second kappa shape index (κ2) is 8.92. The highest BCUT2D eigenvalue weighted by molar-refractivity contribution is 7.20. The van der Waals surface area contributed by atoms with Crippen LogP contribution in [0.1, 0.15) is 26.5 Å². The van der Waals surface area contributed by atoms with Crippen molar-refractivity contribution in [3.8, 4) is 0 Å². The Labute approximate surface area is 178 Å². The van der Waals surface area contributed by atoms with Gasteiger partial charge in [0.2, 0.25) is 0 Å². The maximum atomic E-state index is 12.5. The molecule has 2 aromatic heterocycles. The van der Waals surface area contributed by atoms with Gasteiger partial charge in [0.05, 0.1) is 12.2 Å². The van der Waals surface area contributed by atoms with Gasteiger partial charge in [-0.1, -0.05) is 60.7 Å². The smallest absolute Gasteiger partial charge is 0.348 e. The van der Waals surface area contributed by atoms with Crippen LogP contribution in [0.2, 0.25) is 0 Å². The second-order valence-corrected chi connectivity index (χ2v) is 7.93. The number of nitrogens with one attached hydrogen (secondary N) is 1. The molecule has 2 heterocycles. The molecule has 0 saturated carbocycles. The molecule has 0 spiro atoms. The average Bonchev–Trinajstić information content (AvgIpc) is 3.33. The minimum absolute atomic E-state index is 0.310. The van der Waals surface area contributed by atoms with E-state index in [-0.39, 0.29) is 12.5 Å². The van der Waals surface area contributed by atoms with E-state index in [1.165, 1.54) is 11.3 Å². The highest BCUT2D eigenvalue weighted by atomic mass is 32.1. The van der Waals surface area contributed by atoms with Gasteiger partial charge in [-0.2, -0.15) is 5.10 Å². The van der Waals surface area contributed by atoms with Gasteiger partial charge in [0, 0.05) is 11.9 Å². The Bertz CT molecular complexity index is 1170. The normalized spacial score (nSPS) is 10.8. The van der Waals surface area contributed by atoms with Crippen LogP contribution >= 0.6 is 11.3 Å². The monoisotopic (exact) mass is 419 g/mol. The number of rotatable bonds is 7. The quantitative estimate of drug-likeness (QED) is 0.461. The molecule has 0 saturated heterocycles. The number of carbonyl (C=O) groups is 2. The zero-order valence-corrected chi connectivity index (χ0v) is 17.3. The summed E-state index contributed by atoms with van der Waals surface area (Å²) in [5.41, 5.74) is 2.98. The topological polar surface area (TPSA) is 73.2 Å². The predicted molar refractivity (Wildman–Crippen MR) is 116 cm³/mol. The van der Waals surface area contributed by atoms with Crippen molar-refractivity contribution in [1.82, 2.24) is 15.1 Å². The van der Waals surface area contributed by atoms with Crippen molar-refractivity contribution in [2.75, 3.05) is 6.61 Å². The van der Waals surface area contributed by atoms with E-state index in [1.807, 2.05) is 72.3 Å². The molecule has 0 unspecified atom stereocenters. The first-order valence-electron chi connectivity index (χ1n) is 9.59. The van der Waals surface area contributed by atoms with Gasteiger partial charge in [-0.3, -0.25) is 9.48 Å². The number of nitrogens with zero attached hydrogens (tertiary/aromatic N) is 2. The lowest BCUT2D eigenvalue weighted by Crippen LogP contribution is -2.28. The van der Waals surface area contributed by atoms with E-state index in [9.17, 15) is 9.59 Å². The molecule has 4 rings (SSSR count). The molecule has 4 aromatic rings. The predicted octanol–water partition coefficient (Wildman–Crippen LogP) is 3.93. The Kier molecular flexibility index (Phi) is 5.90. The summed E-state index contributed by atoms with van der Waals surface area (Å²) in [5.74, 6) is -0.837. The van der Waals surface area contributed by atoms with E-state index < -0.39 is 5.97 Å². The highest BCUT2D eigenvalue weighted by Gasteiger charge is 2.18. The van der Waals surface area contributed by atoms with Crippen molar-refractivity contribution in [2.24, 2.45) is 0 Å². The molecular weight excluding hydrogens is 398 g/mol. The summed E-state index contributed by atoms with van der Waals surface area (Å²) >= 11 is 1.33. The van der Waals surface area contributed by atoms with E-state index in [2.05, 4.69) is 10.4 Å². The van der Waals surface area contributed by atoms with Gasteiger partial charge in [0.15, 0.2) is 6.61 Å². The van der Waals surface area contributed by atoms with Crippen LogP contribution in [0.4, 0.5) is 0 Å². The molecule has 6 nitrogen and oxygen atoms in total. The minimum Gasteiger partial charge on any atom is -0.451 e. The molecule has 7 heteroatoms. The summed E-state index contributed by atoms with van der Waals surface area (Å²) in [4.78, 5) is 25.8. The third-order valence-electron chi connectivity index (χ3n) is 4.65. The number of esters is 1. The minimum atomic E-state index is -0.503. The summed E-state index contributed by atoms with van der Waals surface area (Å²) in [5, 5.41) is 8.26. The van der Waals surface area contributed by atoms with Gasteiger partial charge in [-0.25, -0.2) is 4.79 Å². The molecule has 0 radical (unpaired) electrons. The number of amides is 1. The summed E-state index contributed by atoms with van der Waals surface area (Å²) in [6.45, 7) is 2.63. The van der Waals surface area contributed by atoms with E-state index in [0.717, 1.165) is 27.0 Å². The van der Waals surface area contributed by atoms with E-state index >= 15 is 0 Å². The standard InChI is InChI=1S/C23H21N3O3S/c1-16-19-12-20(30-22(19)26(25-16)14-18-10-6-3-7-11-18)23(28)29-15-21(27)24-13-17-8-4-2-5-9-17/h2-12H,13-15H2,1H3,(H,24,27). The van der Waals surface area contributed by atoms with Crippen LogP contribution in [-0.2, 0) is 22.6 Å². The number of benzene rings is 2. The van der Waals surface area contributed by atoms with Gasteiger partial charge in [-0.05, 0) is 24.1 Å². The van der Waals surface area contributed by atoms with E-state index in [4.69, 9.17) is 4.74 Å². The largest absolute Gasteiger partial charge is 0.451 e. The number of thiophene rings is 1. The van der Waals surface area contributed by atoms with Crippen molar-refractivity contribution >= 4 is 33.4 Å². The van der Waals surface area contributed by atoms with Gasteiger partial charge in [0.25, 0.3) is 5.91 Å². The van der Waals surface area contributed by atoms with Gasteiger partial charge in [0.1, 0.15) is 9.71 Å². The van der Waals surface area contributed by atoms with Crippen LogP contribution in [-0.4, -0.2) is 28.3 Å². The zero-order valence-electron chi connectivity index (χ0n) is 16.5. The van der Waals surface area contributed by atoms with Crippen molar-refractivity contribution < 1.29 is 14.3 Å². The summed E-state index contributed by atoms with van der Waals surface area (Å²) in [7, 11) is 0.